The van der Waals surface area contributed by atoms with Crippen LogP contribution in [0.1, 0.15) is 25.8 Å². The molecule has 2 rings (SSSR count). The number of halogens is 3. The van der Waals surface area contributed by atoms with Gasteiger partial charge in [0, 0.05) is 43.1 Å². The summed E-state index contributed by atoms with van der Waals surface area (Å²) in [6.45, 7) is 5.75. The third-order valence-electron chi connectivity index (χ3n) is 3.94. The first-order chi connectivity index (χ1) is 11.4. The van der Waals surface area contributed by atoms with Gasteiger partial charge in [0.2, 0.25) is 5.91 Å². The lowest BCUT2D eigenvalue weighted by Crippen LogP contribution is -2.45. The zero-order chi connectivity index (χ0) is 17.7. The van der Waals surface area contributed by atoms with Crippen molar-refractivity contribution < 1.29 is 9.18 Å². The second kappa shape index (κ2) is 10.3. The minimum atomic E-state index is -0.275. The first kappa shape index (κ1) is 22.1. The molecule has 1 heterocycles. The highest BCUT2D eigenvalue weighted by Crippen LogP contribution is 2.15. The van der Waals surface area contributed by atoms with Gasteiger partial charge in [0.1, 0.15) is 5.82 Å². The molecule has 5 nitrogen and oxygen atoms in total. The monoisotopic (exact) mass is 526 g/mol. The van der Waals surface area contributed by atoms with Gasteiger partial charge in [-0.3, -0.25) is 9.79 Å². The smallest absolute Gasteiger partial charge is 0.225 e. The van der Waals surface area contributed by atoms with E-state index in [2.05, 4.69) is 31.6 Å². The van der Waals surface area contributed by atoms with E-state index in [1.807, 2.05) is 24.8 Å². The zero-order valence-electron chi connectivity index (χ0n) is 14.7. The van der Waals surface area contributed by atoms with E-state index in [0.29, 0.717) is 23.5 Å². The Morgan fingerprint density at radius 2 is 2.16 bits per heavy atom. The SMILES string of the molecule is CN=C(NCc1cc(F)cc(Br)c1)NC1CCN(C(=O)C(C)C)C1.I. The van der Waals surface area contributed by atoms with Crippen LogP contribution >= 0.6 is 39.9 Å². The quantitative estimate of drug-likeness (QED) is 0.360. The van der Waals surface area contributed by atoms with E-state index < -0.39 is 0 Å². The maximum Gasteiger partial charge on any atom is 0.225 e. The van der Waals surface area contributed by atoms with Gasteiger partial charge in [0.05, 0.1) is 0 Å². The Morgan fingerprint density at radius 1 is 1.44 bits per heavy atom. The molecule has 0 radical (unpaired) electrons. The number of nitrogens with zero attached hydrogens (tertiary/aromatic N) is 2. The number of hydrogen-bond donors (Lipinski definition) is 2. The fourth-order valence-electron chi connectivity index (χ4n) is 2.73. The molecule has 8 heteroatoms. The summed E-state index contributed by atoms with van der Waals surface area (Å²) >= 11 is 3.29. The van der Waals surface area contributed by atoms with Gasteiger partial charge in [-0.1, -0.05) is 29.8 Å². The molecule has 0 spiro atoms. The molecule has 140 valence electrons. The number of guanidine groups is 1. The predicted molar refractivity (Wildman–Crippen MR) is 113 cm³/mol. The van der Waals surface area contributed by atoms with Crippen LogP contribution in [0.3, 0.4) is 0 Å². The summed E-state index contributed by atoms with van der Waals surface area (Å²) in [6, 6.07) is 4.96. The van der Waals surface area contributed by atoms with Crippen molar-refractivity contribution in [1.29, 1.82) is 0 Å². The highest BCUT2D eigenvalue weighted by Gasteiger charge is 2.27. The molecule has 0 saturated carbocycles. The molecule has 1 amide bonds. The lowest BCUT2D eigenvalue weighted by Gasteiger charge is -2.20. The molecule has 0 aromatic heterocycles. The Kier molecular flexibility index (Phi) is 9.12. The Bertz CT molecular complexity index is 606. The van der Waals surface area contributed by atoms with Gasteiger partial charge in [0.25, 0.3) is 0 Å². The van der Waals surface area contributed by atoms with E-state index in [-0.39, 0.29) is 47.7 Å². The van der Waals surface area contributed by atoms with Crippen LogP contribution in [-0.4, -0.2) is 42.9 Å². The number of carbonyl (C=O) groups excluding carboxylic acids is 1. The summed E-state index contributed by atoms with van der Waals surface area (Å²) < 4.78 is 14.1. The highest BCUT2D eigenvalue weighted by molar-refractivity contribution is 14.0. The first-order valence-electron chi connectivity index (χ1n) is 8.10. The van der Waals surface area contributed by atoms with Crippen molar-refractivity contribution in [1.82, 2.24) is 15.5 Å². The van der Waals surface area contributed by atoms with Crippen LogP contribution in [-0.2, 0) is 11.3 Å². The number of amides is 1. The van der Waals surface area contributed by atoms with Crippen LogP contribution in [0.2, 0.25) is 0 Å². The largest absolute Gasteiger partial charge is 0.352 e. The van der Waals surface area contributed by atoms with Crippen molar-refractivity contribution in [2.45, 2.75) is 32.9 Å². The van der Waals surface area contributed by atoms with E-state index in [4.69, 9.17) is 0 Å². The van der Waals surface area contributed by atoms with Crippen molar-refractivity contribution in [3.63, 3.8) is 0 Å². The molecule has 1 aromatic carbocycles. The Labute approximate surface area is 174 Å². The molecule has 1 unspecified atom stereocenters. The lowest BCUT2D eigenvalue weighted by atomic mass is 10.2. The topological polar surface area (TPSA) is 56.7 Å². The Morgan fingerprint density at radius 3 is 2.76 bits per heavy atom. The molecular formula is C17H25BrFIN4O. The number of likely N-dealkylation sites (tertiary alicyclic amines) is 1. The van der Waals surface area contributed by atoms with Crippen LogP contribution in [0, 0.1) is 11.7 Å². The molecule has 1 atom stereocenters. The van der Waals surface area contributed by atoms with Gasteiger partial charge in [-0.2, -0.15) is 0 Å². The van der Waals surface area contributed by atoms with Gasteiger partial charge in [-0.15, -0.1) is 24.0 Å². The standard InChI is InChI=1S/C17H24BrFN4O.HI/c1-11(2)16(24)23-5-4-15(10-23)22-17(20-3)21-9-12-6-13(18)8-14(19)7-12;/h6-8,11,15H,4-5,9-10H2,1-3H3,(H2,20,21,22);1H. The van der Waals surface area contributed by atoms with Gasteiger partial charge >= 0.3 is 0 Å². The van der Waals surface area contributed by atoms with Crippen LogP contribution in [0.25, 0.3) is 0 Å². The molecule has 1 aliphatic heterocycles. The van der Waals surface area contributed by atoms with Gasteiger partial charge in [0.15, 0.2) is 5.96 Å². The summed E-state index contributed by atoms with van der Waals surface area (Å²) in [7, 11) is 1.70. The molecule has 0 aliphatic carbocycles. The number of benzene rings is 1. The third-order valence-corrected chi connectivity index (χ3v) is 4.40. The fraction of sp³-hybridized carbons (Fsp3) is 0.529. The molecule has 1 fully saturated rings. The summed E-state index contributed by atoms with van der Waals surface area (Å²) in [5.74, 6) is 0.585. The minimum absolute atomic E-state index is 0. The first-order valence-corrected chi connectivity index (χ1v) is 8.89. The highest BCUT2D eigenvalue weighted by atomic mass is 127. The van der Waals surface area contributed by atoms with Crippen molar-refractivity contribution in [3.8, 4) is 0 Å². The van der Waals surface area contributed by atoms with Crippen LogP contribution in [0.15, 0.2) is 27.7 Å². The Balaban J connectivity index is 0.00000312. The minimum Gasteiger partial charge on any atom is -0.352 e. The van der Waals surface area contributed by atoms with Crippen LogP contribution in [0.5, 0.6) is 0 Å². The number of nitrogens with one attached hydrogen (secondary N) is 2. The third kappa shape index (κ3) is 6.73. The summed E-state index contributed by atoms with van der Waals surface area (Å²) in [5, 5.41) is 6.51. The molecule has 2 N–H and O–H groups in total. The van der Waals surface area contributed by atoms with Crippen molar-refractivity contribution in [2.75, 3.05) is 20.1 Å². The number of aliphatic imine (C=N–C) groups is 1. The average molecular weight is 527 g/mol. The second-order valence-corrected chi connectivity index (χ2v) is 7.19. The van der Waals surface area contributed by atoms with Gasteiger partial charge in [-0.05, 0) is 30.2 Å². The molecule has 25 heavy (non-hydrogen) atoms. The van der Waals surface area contributed by atoms with E-state index >= 15 is 0 Å². The average Bonchev–Trinajstić information content (AvgIpc) is 2.98. The van der Waals surface area contributed by atoms with E-state index in [0.717, 1.165) is 18.5 Å². The molecule has 1 aliphatic rings. The number of rotatable bonds is 4. The van der Waals surface area contributed by atoms with Crippen molar-refractivity contribution >= 4 is 51.8 Å². The van der Waals surface area contributed by atoms with Gasteiger partial charge < -0.3 is 15.5 Å². The summed E-state index contributed by atoms with van der Waals surface area (Å²) in [6.07, 6.45) is 0.894. The molecular weight excluding hydrogens is 502 g/mol. The van der Waals surface area contributed by atoms with Gasteiger partial charge in [-0.25, -0.2) is 4.39 Å². The summed E-state index contributed by atoms with van der Waals surface area (Å²) in [4.78, 5) is 18.1. The maximum absolute atomic E-state index is 13.4. The summed E-state index contributed by atoms with van der Waals surface area (Å²) in [5.41, 5.74) is 0.827. The molecule has 1 saturated heterocycles. The van der Waals surface area contributed by atoms with E-state index in [9.17, 15) is 9.18 Å². The normalized spacial score (nSPS) is 17.4. The maximum atomic E-state index is 13.4. The van der Waals surface area contributed by atoms with Crippen molar-refractivity contribution in [2.24, 2.45) is 10.9 Å². The molecule has 1 aromatic rings. The number of hydrogen-bond acceptors (Lipinski definition) is 2. The second-order valence-electron chi connectivity index (χ2n) is 6.27. The predicted octanol–water partition coefficient (Wildman–Crippen LogP) is 3.13. The van der Waals surface area contributed by atoms with Crippen LogP contribution in [0.4, 0.5) is 4.39 Å². The Hall–Kier alpha value is -0.900. The van der Waals surface area contributed by atoms with E-state index in [1.165, 1.54) is 12.1 Å². The van der Waals surface area contributed by atoms with Crippen molar-refractivity contribution in [3.05, 3.63) is 34.1 Å². The lowest BCUT2D eigenvalue weighted by molar-refractivity contribution is -0.133. The van der Waals surface area contributed by atoms with E-state index in [1.54, 1.807) is 7.05 Å². The number of carbonyl (C=O) groups is 1. The van der Waals surface area contributed by atoms with Crippen LogP contribution < -0.4 is 10.6 Å². The fourth-order valence-corrected chi connectivity index (χ4v) is 3.24. The molecule has 0 bridgehead atoms. The zero-order valence-corrected chi connectivity index (χ0v) is 18.6.